The fourth-order valence-corrected chi connectivity index (χ4v) is 5.86. The summed E-state index contributed by atoms with van der Waals surface area (Å²) in [6, 6.07) is 18.0. The molecule has 37 heavy (non-hydrogen) atoms. The van der Waals surface area contributed by atoms with Crippen molar-refractivity contribution in [3.63, 3.8) is 0 Å². The summed E-state index contributed by atoms with van der Waals surface area (Å²) < 4.78 is 0. The number of hydrogen-bond acceptors (Lipinski definition) is 4. The fourth-order valence-electron chi connectivity index (χ4n) is 5.86. The highest BCUT2D eigenvalue weighted by atomic mass is 16.2. The van der Waals surface area contributed by atoms with Crippen LogP contribution in [-0.4, -0.2) is 53.3 Å². The molecular weight excluding hydrogens is 464 g/mol. The highest BCUT2D eigenvalue weighted by molar-refractivity contribution is 5.91. The summed E-state index contributed by atoms with van der Waals surface area (Å²) in [5, 5.41) is 6.22. The zero-order valence-corrected chi connectivity index (χ0v) is 22.3. The summed E-state index contributed by atoms with van der Waals surface area (Å²) >= 11 is 0. The molecule has 1 heterocycles. The maximum Gasteiger partial charge on any atom is 0.246 e. The van der Waals surface area contributed by atoms with Crippen molar-refractivity contribution in [3.05, 3.63) is 71.8 Å². The van der Waals surface area contributed by atoms with E-state index in [1.165, 1.54) is 0 Å². The Morgan fingerprint density at radius 3 is 1.97 bits per heavy atom. The first-order valence-electron chi connectivity index (χ1n) is 13.3. The van der Waals surface area contributed by atoms with Gasteiger partial charge in [-0.15, -0.1) is 0 Å². The van der Waals surface area contributed by atoms with E-state index < -0.39 is 23.4 Å². The van der Waals surface area contributed by atoms with Gasteiger partial charge >= 0.3 is 0 Å². The topological polar surface area (TPSA) is 105 Å². The van der Waals surface area contributed by atoms with E-state index in [-0.39, 0.29) is 29.8 Å². The molecular formula is C30H40N4O3. The molecule has 1 saturated heterocycles. The van der Waals surface area contributed by atoms with E-state index in [1.807, 2.05) is 86.3 Å². The predicted molar refractivity (Wildman–Crippen MR) is 145 cm³/mol. The van der Waals surface area contributed by atoms with Crippen molar-refractivity contribution in [1.29, 1.82) is 0 Å². The zero-order chi connectivity index (χ0) is 26.7. The Balaban J connectivity index is 1.56. The minimum Gasteiger partial charge on any atom is -0.350 e. The Hall–Kier alpha value is -3.19. The number of nitrogens with zero attached hydrogens (tertiary/aromatic N) is 1. The monoisotopic (exact) mass is 504 g/mol. The third-order valence-electron chi connectivity index (χ3n) is 7.80. The van der Waals surface area contributed by atoms with Gasteiger partial charge in [-0.2, -0.15) is 0 Å². The average molecular weight is 505 g/mol. The summed E-state index contributed by atoms with van der Waals surface area (Å²) in [5.41, 5.74) is 7.17. The van der Waals surface area contributed by atoms with Gasteiger partial charge in [0.2, 0.25) is 17.7 Å². The number of hydrogen-bond donors (Lipinski definition) is 3. The number of benzene rings is 2. The molecule has 1 aliphatic carbocycles. The highest BCUT2D eigenvalue weighted by Crippen LogP contribution is 2.40. The number of likely N-dealkylation sites (tertiary alicyclic amines) is 1. The van der Waals surface area contributed by atoms with E-state index in [2.05, 4.69) is 10.6 Å². The van der Waals surface area contributed by atoms with Crippen molar-refractivity contribution in [3.8, 4) is 0 Å². The van der Waals surface area contributed by atoms with Gasteiger partial charge in [0, 0.05) is 12.6 Å². The second-order valence-corrected chi connectivity index (χ2v) is 11.6. The molecule has 2 aliphatic rings. The number of nitrogens with one attached hydrogen (secondary N) is 2. The summed E-state index contributed by atoms with van der Waals surface area (Å²) in [7, 11) is 0. The van der Waals surface area contributed by atoms with Crippen LogP contribution in [0.15, 0.2) is 60.7 Å². The van der Waals surface area contributed by atoms with Crippen molar-refractivity contribution < 1.29 is 14.4 Å². The van der Waals surface area contributed by atoms with E-state index in [0.717, 1.165) is 30.4 Å². The van der Waals surface area contributed by atoms with Crippen LogP contribution >= 0.6 is 0 Å². The molecule has 4 rings (SSSR count). The van der Waals surface area contributed by atoms with E-state index in [4.69, 9.17) is 5.73 Å². The second kappa shape index (κ2) is 11.1. The molecule has 2 aromatic rings. The van der Waals surface area contributed by atoms with Gasteiger partial charge in [-0.25, -0.2) is 0 Å². The van der Waals surface area contributed by atoms with Crippen LogP contribution in [0.3, 0.4) is 0 Å². The van der Waals surface area contributed by atoms with Gasteiger partial charge in [0.1, 0.15) is 6.04 Å². The van der Waals surface area contributed by atoms with Crippen LogP contribution in [0.5, 0.6) is 0 Å². The molecule has 5 atom stereocenters. The summed E-state index contributed by atoms with van der Waals surface area (Å²) in [4.78, 5) is 42.0. The van der Waals surface area contributed by atoms with E-state index >= 15 is 0 Å². The minimum absolute atomic E-state index is 0.0556. The van der Waals surface area contributed by atoms with Crippen LogP contribution < -0.4 is 16.4 Å². The third kappa shape index (κ3) is 5.87. The molecule has 0 radical (unpaired) electrons. The van der Waals surface area contributed by atoms with Crippen LogP contribution in [0.1, 0.15) is 64.0 Å². The molecule has 0 bridgehead atoms. The largest absolute Gasteiger partial charge is 0.350 e. The van der Waals surface area contributed by atoms with Gasteiger partial charge in [0.15, 0.2) is 0 Å². The average Bonchev–Trinajstić information content (AvgIpc) is 3.46. The Bertz CT molecular complexity index is 1060. The van der Waals surface area contributed by atoms with E-state index in [0.29, 0.717) is 12.5 Å². The van der Waals surface area contributed by atoms with Gasteiger partial charge in [0.25, 0.3) is 0 Å². The number of carbonyl (C=O) groups excluding carboxylic acids is 3. The van der Waals surface area contributed by atoms with Crippen molar-refractivity contribution >= 4 is 17.7 Å². The van der Waals surface area contributed by atoms with Crippen molar-refractivity contribution in [2.24, 2.45) is 17.1 Å². The Labute approximate surface area is 220 Å². The maximum atomic E-state index is 13.9. The van der Waals surface area contributed by atoms with E-state index in [1.54, 1.807) is 6.92 Å². The molecule has 7 nitrogen and oxygen atoms in total. The van der Waals surface area contributed by atoms with Gasteiger partial charge in [0.05, 0.1) is 18.0 Å². The van der Waals surface area contributed by atoms with Crippen molar-refractivity contribution in [2.45, 2.75) is 77.0 Å². The molecule has 7 heteroatoms. The van der Waals surface area contributed by atoms with Gasteiger partial charge in [-0.1, -0.05) is 81.4 Å². The first-order valence-corrected chi connectivity index (χ1v) is 13.3. The molecule has 1 aliphatic heterocycles. The Morgan fingerprint density at radius 2 is 1.46 bits per heavy atom. The third-order valence-corrected chi connectivity index (χ3v) is 7.80. The lowest BCUT2D eigenvalue weighted by Gasteiger charge is -2.38. The van der Waals surface area contributed by atoms with Crippen LogP contribution in [0, 0.1) is 11.3 Å². The number of amides is 3. The molecule has 0 aromatic heterocycles. The predicted octanol–water partition coefficient (Wildman–Crippen LogP) is 3.19. The van der Waals surface area contributed by atoms with Crippen LogP contribution in [0.2, 0.25) is 0 Å². The standard InChI is InChI=1S/C30H40N4O3/c1-19(31)27(35)33-26(30(2,3)4)29(37)34-18-17-22-15-16-23(25(22)34)32-28(36)24(20-11-7-5-8-12-20)21-13-9-6-10-14-21/h5-14,19,22-26H,15-18,31H2,1-4H3,(H,32,36)(H,33,35)/t19-,22?,23?,25?,26+/m0/s1. The molecule has 3 unspecified atom stereocenters. The minimum atomic E-state index is -0.699. The van der Waals surface area contributed by atoms with Crippen LogP contribution in [0.4, 0.5) is 0 Å². The molecule has 2 fully saturated rings. The Morgan fingerprint density at radius 1 is 0.892 bits per heavy atom. The quantitative estimate of drug-likeness (QED) is 0.539. The smallest absolute Gasteiger partial charge is 0.246 e. The SMILES string of the molecule is C[C@H](N)C(=O)N[C@H](C(=O)N1CCC2CCC(NC(=O)C(c3ccccc3)c3ccccc3)C21)C(C)(C)C. The van der Waals surface area contributed by atoms with Gasteiger partial charge < -0.3 is 21.3 Å². The second-order valence-electron chi connectivity index (χ2n) is 11.6. The van der Waals surface area contributed by atoms with Crippen LogP contribution in [0.25, 0.3) is 0 Å². The lowest BCUT2D eigenvalue weighted by Crippen LogP contribution is -2.60. The molecule has 3 amide bonds. The first kappa shape index (κ1) is 26.9. The maximum absolute atomic E-state index is 13.9. The first-order chi connectivity index (χ1) is 17.6. The summed E-state index contributed by atoms with van der Waals surface area (Å²) in [6.07, 6.45) is 2.70. The number of nitrogens with two attached hydrogens (primary N) is 1. The van der Waals surface area contributed by atoms with Gasteiger partial charge in [-0.3, -0.25) is 14.4 Å². The molecule has 1 saturated carbocycles. The number of fused-ring (bicyclic) bond motifs is 1. The lowest BCUT2D eigenvalue weighted by atomic mass is 9.85. The zero-order valence-electron chi connectivity index (χ0n) is 22.3. The highest BCUT2D eigenvalue weighted by Gasteiger charge is 2.49. The van der Waals surface area contributed by atoms with E-state index in [9.17, 15) is 14.4 Å². The normalized spacial score (nSPS) is 22.9. The summed E-state index contributed by atoms with van der Waals surface area (Å²) in [5.74, 6) is -0.586. The molecule has 0 spiro atoms. The molecule has 198 valence electrons. The van der Waals surface area contributed by atoms with Crippen molar-refractivity contribution in [1.82, 2.24) is 15.5 Å². The van der Waals surface area contributed by atoms with Crippen LogP contribution in [-0.2, 0) is 14.4 Å². The fraction of sp³-hybridized carbons (Fsp3) is 0.500. The number of rotatable bonds is 7. The van der Waals surface area contributed by atoms with Gasteiger partial charge in [-0.05, 0) is 48.6 Å². The molecule has 4 N–H and O–H groups in total. The molecule has 2 aromatic carbocycles. The lowest BCUT2D eigenvalue weighted by molar-refractivity contribution is -0.141. The van der Waals surface area contributed by atoms with Crippen molar-refractivity contribution in [2.75, 3.05) is 6.54 Å². The Kier molecular flexibility index (Phi) is 8.02. The number of carbonyl (C=O) groups is 3. The summed E-state index contributed by atoms with van der Waals surface area (Å²) in [6.45, 7) is 8.08.